The van der Waals surface area contributed by atoms with Crippen LogP contribution in [0.25, 0.3) is 11.1 Å². The van der Waals surface area contributed by atoms with Gasteiger partial charge in [-0.15, -0.1) is 0 Å². The Labute approximate surface area is 177 Å². The van der Waals surface area contributed by atoms with Crippen molar-refractivity contribution in [2.45, 2.75) is 12.1 Å². The largest absolute Gasteiger partial charge is 0.508 e. The van der Waals surface area contributed by atoms with Gasteiger partial charge in [0.15, 0.2) is 0 Å². The lowest BCUT2D eigenvalue weighted by Crippen LogP contribution is -2.31. The minimum atomic E-state index is -1.15. The van der Waals surface area contributed by atoms with Gasteiger partial charge in [0.25, 0.3) is 0 Å². The normalized spacial score (nSPS) is 15.0. The molecule has 1 aliphatic heterocycles. The average Bonchev–Trinajstić information content (AvgIpc) is 2.79. The molecular formula is C26H21O3P. The van der Waals surface area contributed by atoms with Gasteiger partial charge in [0.1, 0.15) is 25.4 Å². The van der Waals surface area contributed by atoms with Crippen molar-refractivity contribution in [3.8, 4) is 28.4 Å². The molecule has 0 aromatic heterocycles. The van der Waals surface area contributed by atoms with Crippen molar-refractivity contribution in [3.63, 3.8) is 0 Å². The van der Waals surface area contributed by atoms with E-state index in [9.17, 15) is 10.2 Å². The van der Waals surface area contributed by atoms with Crippen molar-refractivity contribution in [1.82, 2.24) is 0 Å². The number of aromatic hydroxyl groups is 2. The Morgan fingerprint density at radius 2 is 1.13 bits per heavy atom. The summed E-state index contributed by atoms with van der Waals surface area (Å²) in [5.74, 6) is 1.34. The predicted molar refractivity (Wildman–Crippen MR) is 122 cm³/mol. The first kappa shape index (κ1) is 18.7. The minimum absolute atomic E-state index is 0.231. The van der Waals surface area contributed by atoms with Gasteiger partial charge in [-0.25, -0.2) is 0 Å². The summed E-state index contributed by atoms with van der Waals surface area (Å²) >= 11 is 0. The van der Waals surface area contributed by atoms with Gasteiger partial charge in [0.05, 0.1) is 5.16 Å². The van der Waals surface area contributed by atoms with E-state index < -0.39 is 13.3 Å². The molecular weight excluding hydrogens is 391 g/mol. The van der Waals surface area contributed by atoms with Crippen molar-refractivity contribution in [3.05, 3.63) is 108 Å². The molecule has 0 saturated heterocycles. The quantitative estimate of drug-likeness (QED) is 0.397. The Morgan fingerprint density at radius 1 is 0.633 bits per heavy atom. The molecule has 148 valence electrons. The van der Waals surface area contributed by atoms with Gasteiger partial charge in [-0.2, -0.15) is 0 Å². The van der Waals surface area contributed by atoms with Crippen molar-refractivity contribution < 1.29 is 14.7 Å². The van der Waals surface area contributed by atoms with Crippen LogP contribution in [0.15, 0.2) is 97.1 Å². The second kappa shape index (κ2) is 7.19. The highest BCUT2D eigenvalue weighted by atomic mass is 31.1. The Hall–Kier alpha value is -3.29. The Kier molecular flexibility index (Phi) is 4.49. The zero-order valence-corrected chi connectivity index (χ0v) is 17.4. The summed E-state index contributed by atoms with van der Waals surface area (Å²) in [6.45, 7) is 2.18. The molecule has 4 aromatic carbocycles. The molecule has 0 bridgehead atoms. The molecule has 1 aliphatic rings. The number of fused-ring (bicyclic) bond motifs is 3. The zero-order chi connectivity index (χ0) is 20.7. The Bertz CT molecular complexity index is 1150. The van der Waals surface area contributed by atoms with E-state index in [-0.39, 0.29) is 11.5 Å². The van der Waals surface area contributed by atoms with Gasteiger partial charge in [-0.05, 0) is 53.9 Å². The van der Waals surface area contributed by atoms with Crippen LogP contribution in [-0.2, 0) is 5.16 Å². The smallest absolute Gasteiger partial charge is 0.134 e. The van der Waals surface area contributed by atoms with Crippen LogP contribution in [0.2, 0.25) is 0 Å². The fourth-order valence-electron chi connectivity index (χ4n) is 4.10. The summed E-state index contributed by atoms with van der Waals surface area (Å²) in [5.41, 5.74) is 4.39. The number of benzene rings is 4. The molecule has 2 N–H and O–H groups in total. The van der Waals surface area contributed by atoms with Crippen molar-refractivity contribution in [2.75, 3.05) is 0 Å². The number of para-hydroxylation sites is 1. The van der Waals surface area contributed by atoms with Crippen LogP contribution in [0, 0.1) is 0 Å². The first-order chi connectivity index (χ1) is 14.6. The first-order valence-electron chi connectivity index (χ1n) is 9.83. The maximum Gasteiger partial charge on any atom is 0.134 e. The number of phenolic OH excluding ortho intramolecular Hbond substituents is 2. The molecule has 1 atom stereocenters. The van der Waals surface area contributed by atoms with Crippen LogP contribution in [0.3, 0.4) is 0 Å². The highest BCUT2D eigenvalue weighted by molar-refractivity contribution is 7.63. The highest BCUT2D eigenvalue weighted by Gasteiger charge is 2.44. The molecule has 1 unspecified atom stereocenters. The second-order valence-corrected chi connectivity index (χ2v) is 9.71. The highest BCUT2D eigenvalue weighted by Crippen LogP contribution is 2.63. The van der Waals surface area contributed by atoms with Gasteiger partial charge in [0.2, 0.25) is 0 Å². The van der Waals surface area contributed by atoms with Crippen LogP contribution in [0.5, 0.6) is 17.2 Å². The molecule has 0 radical (unpaired) electrons. The monoisotopic (exact) mass is 412 g/mol. The third-order valence-electron chi connectivity index (χ3n) is 5.75. The minimum Gasteiger partial charge on any atom is -0.508 e. The van der Waals surface area contributed by atoms with E-state index in [0.29, 0.717) is 0 Å². The number of rotatable bonds is 3. The molecule has 5 rings (SSSR count). The van der Waals surface area contributed by atoms with E-state index in [4.69, 9.17) is 4.52 Å². The Balaban J connectivity index is 1.76. The van der Waals surface area contributed by atoms with E-state index >= 15 is 0 Å². The van der Waals surface area contributed by atoms with Crippen LogP contribution in [0.1, 0.15) is 18.1 Å². The van der Waals surface area contributed by atoms with Crippen LogP contribution in [-0.4, -0.2) is 10.2 Å². The third-order valence-corrected chi connectivity index (χ3v) is 8.29. The molecule has 4 heteroatoms. The zero-order valence-electron chi connectivity index (χ0n) is 16.5. The van der Waals surface area contributed by atoms with E-state index in [1.807, 2.05) is 42.5 Å². The number of phenols is 2. The van der Waals surface area contributed by atoms with E-state index in [0.717, 1.165) is 22.4 Å². The number of hydrogen-bond acceptors (Lipinski definition) is 3. The topological polar surface area (TPSA) is 49.7 Å². The van der Waals surface area contributed by atoms with Crippen LogP contribution in [0.4, 0.5) is 0 Å². The van der Waals surface area contributed by atoms with E-state index in [1.54, 1.807) is 24.3 Å². The summed E-state index contributed by atoms with van der Waals surface area (Å²) in [4.78, 5) is 0. The standard InChI is InChI=1S/C26H21O3P/c1-26(18-10-14-20(27)15-11-18,19-12-16-21(28)17-13-19)30-25-9-5-3-7-23(25)22-6-2-4-8-24(22)29-30/h2-17,27-28H,1H3. The first-order valence-corrected chi connectivity index (χ1v) is 11.1. The fourth-order valence-corrected chi connectivity index (χ4v) is 6.62. The summed E-state index contributed by atoms with van der Waals surface area (Å²) in [5, 5.41) is 20.4. The fraction of sp³-hybridized carbons (Fsp3) is 0.0769. The van der Waals surface area contributed by atoms with Crippen LogP contribution >= 0.6 is 8.15 Å². The predicted octanol–water partition coefficient (Wildman–Crippen LogP) is 6.14. The summed E-state index contributed by atoms with van der Waals surface area (Å²) < 4.78 is 6.73. The lowest BCUT2D eigenvalue weighted by Gasteiger charge is -2.41. The Morgan fingerprint density at radius 3 is 1.73 bits per heavy atom. The second-order valence-electron chi connectivity index (χ2n) is 7.56. The van der Waals surface area contributed by atoms with Gasteiger partial charge in [0, 0.05) is 10.9 Å². The van der Waals surface area contributed by atoms with E-state index in [2.05, 4.69) is 37.3 Å². The molecule has 4 aromatic rings. The molecule has 0 amide bonds. The molecule has 0 aliphatic carbocycles. The van der Waals surface area contributed by atoms with Gasteiger partial charge in [-0.3, -0.25) is 0 Å². The SMILES string of the molecule is CC(c1ccc(O)cc1)(c1ccc(O)cc1)P1Oc2ccccc2-c2ccccc21. The van der Waals surface area contributed by atoms with Crippen molar-refractivity contribution in [2.24, 2.45) is 0 Å². The third kappa shape index (κ3) is 2.94. The van der Waals surface area contributed by atoms with Crippen molar-refractivity contribution >= 4 is 13.5 Å². The molecule has 0 spiro atoms. The molecule has 3 nitrogen and oxygen atoms in total. The maximum absolute atomic E-state index is 9.87. The van der Waals surface area contributed by atoms with Gasteiger partial charge < -0.3 is 14.7 Å². The number of hydrogen-bond donors (Lipinski definition) is 2. The summed E-state index contributed by atoms with van der Waals surface area (Å²) in [6.07, 6.45) is 0. The lowest BCUT2D eigenvalue weighted by atomic mass is 9.92. The maximum atomic E-state index is 9.87. The van der Waals surface area contributed by atoms with E-state index in [1.165, 1.54) is 10.9 Å². The molecule has 0 fully saturated rings. The van der Waals surface area contributed by atoms with Crippen molar-refractivity contribution in [1.29, 1.82) is 0 Å². The molecule has 0 saturated carbocycles. The summed E-state index contributed by atoms with van der Waals surface area (Å²) in [6, 6.07) is 31.3. The lowest BCUT2D eigenvalue weighted by molar-refractivity contribution is 0.474. The average molecular weight is 412 g/mol. The summed E-state index contributed by atoms with van der Waals surface area (Å²) in [7, 11) is -1.15. The van der Waals surface area contributed by atoms with Gasteiger partial charge >= 0.3 is 0 Å². The van der Waals surface area contributed by atoms with Gasteiger partial charge in [-0.1, -0.05) is 66.7 Å². The molecule has 30 heavy (non-hydrogen) atoms. The molecule has 1 heterocycles. The van der Waals surface area contributed by atoms with Crippen LogP contribution < -0.4 is 9.83 Å².